The summed E-state index contributed by atoms with van der Waals surface area (Å²) in [4.78, 5) is 22.6. The van der Waals surface area contributed by atoms with Crippen LogP contribution in [0.3, 0.4) is 0 Å². The zero-order valence-corrected chi connectivity index (χ0v) is 7.02. The van der Waals surface area contributed by atoms with Gasteiger partial charge < -0.3 is 15.1 Å². The molecule has 0 aromatic heterocycles. The van der Waals surface area contributed by atoms with Crippen molar-refractivity contribution in [2.45, 2.75) is 0 Å². The quantitative estimate of drug-likeness (QED) is 0.625. The second-order valence-electron chi connectivity index (χ2n) is 2.78. The first-order valence-corrected chi connectivity index (χ1v) is 3.60. The number of nitrogens with zero attached hydrogens (tertiary/aromatic N) is 1. The van der Waals surface area contributed by atoms with Gasteiger partial charge in [-0.3, -0.25) is 0 Å². The Labute approximate surface area is 74.6 Å². The van der Waals surface area contributed by atoms with Crippen LogP contribution >= 0.6 is 0 Å². The molecule has 0 saturated heterocycles. The van der Waals surface area contributed by atoms with E-state index in [2.05, 4.69) is 0 Å². The largest absolute Gasteiger partial charge is 0.478 e. The number of hydrogen-bond donors (Lipinski definition) is 2. The second kappa shape index (κ2) is 3.30. The highest BCUT2D eigenvalue weighted by Crippen LogP contribution is 2.12. The molecule has 0 amide bonds. The maximum Gasteiger partial charge on any atom is 0.337 e. The number of carboxylic acids is 2. The fourth-order valence-electron chi connectivity index (χ4n) is 1.07. The molecule has 0 unspecified atom stereocenters. The topological polar surface area (TPSA) is 77.8 Å². The van der Waals surface area contributed by atoms with Crippen molar-refractivity contribution < 1.29 is 19.8 Å². The van der Waals surface area contributed by atoms with E-state index in [0.29, 0.717) is 0 Å². The van der Waals surface area contributed by atoms with Crippen molar-refractivity contribution in [3.05, 3.63) is 23.4 Å². The van der Waals surface area contributed by atoms with Gasteiger partial charge in [0, 0.05) is 19.8 Å². The summed E-state index contributed by atoms with van der Waals surface area (Å²) in [6.07, 6.45) is 2.57. The molecular formula is C8H9NO4. The summed E-state index contributed by atoms with van der Waals surface area (Å²) in [6.45, 7) is 0.228. The fraction of sp³-hybridized carbons (Fsp3) is 0.250. The Kier molecular flexibility index (Phi) is 2.36. The molecule has 0 radical (unpaired) electrons. The van der Waals surface area contributed by atoms with Crippen molar-refractivity contribution in [2.24, 2.45) is 0 Å². The van der Waals surface area contributed by atoms with Crippen molar-refractivity contribution in [2.75, 3.05) is 13.6 Å². The van der Waals surface area contributed by atoms with Crippen molar-refractivity contribution >= 4 is 11.9 Å². The van der Waals surface area contributed by atoms with Gasteiger partial charge in [0.2, 0.25) is 0 Å². The lowest BCUT2D eigenvalue weighted by Gasteiger charge is -2.19. The van der Waals surface area contributed by atoms with Crippen LogP contribution in [-0.4, -0.2) is 40.6 Å². The van der Waals surface area contributed by atoms with Crippen LogP contribution in [-0.2, 0) is 9.59 Å². The van der Waals surface area contributed by atoms with Crippen LogP contribution in [0.1, 0.15) is 0 Å². The zero-order chi connectivity index (χ0) is 10.0. The van der Waals surface area contributed by atoms with Gasteiger partial charge >= 0.3 is 11.9 Å². The molecular weight excluding hydrogens is 174 g/mol. The Morgan fingerprint density at radius 3 is 2.46 bits per heavy atom. The predicted octanol–water partition coefficient (Wildman–Crippen LogP) is -0.0887. The molecule has 5 nitrogen and oxygen atoms in total. The minimum atomic E-state index is -1.12. The van der Waals surface area contributed by atoms with Crippen molar-refractivity contribution in [3.8, 4) is 0 Å². The third-order valence-electron chi connectivity index (χ3n) is 1.63. The monoisotopic (exact) mass is 183 g/mol. The van der Waals surface area contributed by atoms with Gasteiger partial charge in [-0.1, -0.05) is 0 Å². The first-order chi connectivity index (χ1) is 6.00. The van der Waals surface area contributed by atoms with E-state index in [1.54, 1.807) is 7.05 Å². The Hall–Kier alpha value is -1.78. The van der Waals surface area contributed by atoms with E-state index in [4.69, 9.17) is 10.2 Å². The van der Waals surface area contributed by atoms with Gasteiger partial charge in [-0.15, -0.1) is 0 Å². The van der Waals surface area contributed by atoms with Gasteiger partial charge in [0.25, 0.3) is 0 Å². The Morgan fingerprint density at radius 1 is 1.38 bits per heavy atom. The molecule has 1 rings (SSSR count). The van der Waals surface area contributed by atoms with E-state index in [1.165, 1.54) is 17.2 Å². The van der Waals surface area contributed by atoms with Crippen molar-refractivity contribution in [1.29, 1.82) is 0 Å². The number of carbonyl (C=O) groups is 2. The van der Waals surface area contributed by atoms with Crippen LogP contribution in [0.4, 0.5) is 0 Å². The highest BCUT2D eigenvalue weighted by atomic mass is 16.4. The highest BCUT2D eigenvalue weighted by Gasteiger charge is 2.17. The zero-order valence-electron chi connectivity index (χ0n) is 7.02. The molecule has 0 saturated carbocycles. The summed E-state index contributed by atoms with van der Waals surface area (Å²) in [5.74, 6) is -2.20. The highest BCUT2D eigenvalue weighted by molar-refractivity contribution is 5.95. The van der Waals surface area contributed by atoms with Gasteiger partial charge in [0.05, 0.1) is 11.1 Å². The lowest BCUT2D eigenvalue weighted by molar-refractivity contribution is -0.132. The van der Waals surface area contributed by atoms with E-state index >= 15 is 0 Å². The predicted molar refractivity (Wildman–Crippen MR) is 44.1 cm³/mol. The molecule has 13 heavy (non-hydrogen) atoms. The first kappa shape index (κ1) is 9.31. The maximum absolute atomic E-state index is 10.6. The third kappa shape index (κ3) is 2.08. The molecule has 0 fully saturated rings. The molecule has 5 heteroatoms. The molecule has 70 valence electrons. The van der Waals surface area contributed by atoms with Crippen LogP contribution in [0.25, 0.3) is 0 Å². The SMILES string of the molecule is CN1C=C(C(=O)O)C=C(C(=O)O)C1. The summed E-state index contributed by atoms with van der Waals surface area (Å²) in [5, 5.41) is 17.3. The van der Waals surface area contributed by atoms with Gasteiger partial charge in [0.15, 0.2) is 0 Å². The smallest absolute Gasteiger partial charge is 0.337 e. The van der Waals surface area contributed by atoms with Gasteiger partial charge in [-0.05, 0) is 6.08 Å². The molecule has 1 heterocycles. The number of aliphatic carboxylic acids is 2. The fourth-order valence-corrected chi connectivity index (χ4v) is 1.07. The average Bonchev–Trinajstić information content (AvgIpc) is 2.03. The van der Waals surface area contributed by atoms with E-state index in [0.717, 1.165) is 0 Å². The molecule has 1 aliphatic rings. The normalized spacial score (nSPS) is 16.2. The Morgan fingerprint density at radius 2 is 2.00 bits per heavy atom. The second-order valence-corrected chi connectivity index (χ2v) is 2.78. The number of rotatable bonds is 2. The average molecular weight is 183 g/mol. The Bertz CT molecular complexity index is 316. The first-order valence-electron chi connectivity index (χ1n) is 3.60. The Balaban J connectivity index is 2.98. The number of likely N-dealkylation sites (N-methyl/N-ethyl adjacent to an activating group) is 1. The van der Waals surface area contributed by atoms with Crippen LogP contribution in [0.5, 0.6) is 0 Å². The minimum absolute atomic E-state index is 0.00819. The molecule has 0 aromatic rings. The minimum Gasteiger partial charge on any atom is -0.478 e. The van der Waals surface area contributed by atoms with Gasteiger partial charge in [-0.2, -0.15) is 0 Å². The van der Waals surface area contributed by atoms with E-state index in [1.807, 2.05) is 0 Å². The van der Waals surface area contributed by atoms with Crippen LogP contribution in [0.15, 0.2) is 23.4 Å². The summed E-state index contributed by atoms with van der Waals surface area (Å²) in [7, 11) is 1.62. The van der Waals surface area contributed by atoms with Gasteiger partial charge in [0.1, 0.15) is 0 Å². The molecule has 0 atom stereocenters. The van der Waals surface area contributed by atoms with Crippen LogP contribution in [0, 0.1) is 0 Å². The lowest BCUT2D eigenvalue weighted by atomic mass is 10.1. The maximum atomic E-state index is 10.6. The standard InChI is InChI=1S/C8H9NO4/c1-9-3-5(7(10)11)2-6(4-9)8(12)13/h2-3H,4H2,1H3,(H,10,11)(H,12,13). The van der Waals surface area contributed by atoms with E-state index in [-0.39, 0.29) is 17.7 Å². The molecule has 0 spiro atoms. The molecule has 2 N–H and O–H groups in total. The molecule has 1 aliphatic heterocycles. The summed E-state index contributed by atoms with van der Waals surface area (Å²) >= 11 is 0. The van der Waals surface area contributed by atoms with E-state index in [9.17, 15) is 9.59 Å². The van der Waals surface area contributed by atoms with Crippen LogP contribution < -0.4 is 0 Å². The van der Waals surface area contributed by atoms with E-state index < -0.39 is 11.9 Å². The molecule has 0 bridgehead atoms. The lowest BCUT2D eigenvalue weighted by Crippen LogP contribution is -2.24. The molecule has 0 aromatic carbocycles. The summed E-state index contributed by atoms with van der Waals surface area (Å²) in [6, 6.07) is 0. The third-order valence-corrected chi connectivity index (χ3v) is 1.63. The summed E-state index contributed by atoms with van der Waals surface area (Å²) < 4.78 is 0. The van der Waals surface area contributed by atoms with Crippen molar-refractivity contribution in [3.63, 3.8) is 0 Å². The van der Waals surface area contributed by atoms with Crippen LogP contribution in [0.2, 0.25) is 0 Å². The summed E-state index contributed by atoms with van der Waals surface area (Å²) in [5.41, 5.74) is 0.0774. The number of hydrogen-bond acceptors (Lipinski definition) is 3. The molecule has 0 aliphatic carbocycles. The van der Waals surface area contributed by atoms with Gasteiger partial charge in [-0.25, -0.2) is 9.59 Å². The number of carboxylic acid groups (broad SMARTS) is 2. The van der Waals surface area contributed by atoms with Crippen molar-refractivity contribution in [1.82, 2.24) is 4.90 Å².